The highest BCUT2D eigenvalue weighted by atomic mass is 32.1. The number of nitrogen functional groups attached to an aromatic ring is 1. The van der Waals surface area contributed by atoms with E-state index in [0.29, 0.717) is 22.5 Å². The zero-order chi connectivity index (χ0) is 13.0. The number of ether oxygens (including phenoxy) is 1. The first kappa shape index (κ1) is 13.8. The molecule has 0 aromatic carbocycles. The minimum absolute atomic E-state index is 0.225. The van der Waals surface area contributed by atoms with Gasteiger partial charge < -0.3 is 15.8 Å². The van der Waals surface area contributed by atoms with E-state index in [1.807, 2.05) is 0 Å². The van der Waals surface area contributed by atoms with E-state index in [0.717, 1.165) is 6.42 Å². The van der Waals surface area contributed by atoms with Crippen LogP contribution in [0.25, 0.3) is 0 Å². The Morgan fingerprint density at radius 3 is 2.71 bits per heavy atom. The maximum Gasteiger partial charge on any atom is 0.344 e. The fourth-order valence-electron chi connectivity index (χ4n) is 1.61. The minimum atomic E-state index is -0.447. The van der Waals surface area contributed by atoms with Crippen molar-refractivity contribution in [2.24, 2.45) is 5.92 Å². The van der Waals surface area contributed by atoms with Gasteiger partial charge in [-0.25, -0.2) is 4.79 Å². The van der Waals surface area contributed by atoms with Crippen LogP contribution in [-0.4, -0.2) is 23.5 Å². The molecule has 96 valence electrons. The first-order valence-electron chi connectivity index (χ1n) is 5.61. The molecule has 0 aliphatic heterocycles. The molecule has 1 rings (SSSR count). The van der Waals surface area contributed by atoms with Gasteiger partial charge in [0.25, 0.3) is 0 Å². The fourth-order valence-corrected chi connectivity index (χ4v) is 2.37. The zero-order valence-corrected chi connectivity index (χ0v) is 11.4. The van der Waals surface area contributed by atoms with E-state index in [9.17, 15) is 4.79 Å². The van der Waals surface area contributed by atoms with Crippen molar-refractivity contribution in [3.05, 3.63) is 5.56 Å². The second-order valence-electron chi connectivity index (χ2n) is 4.17. The third kappa shape index (κ3) is 3.09. The van der Waals surface area contributed by atoms with Crippen molar-refractivity contribution in [3.63, 3.8) is 0 Å². The van der Waals surface area contributed by atoms with Gasteiger partial charge in [-0.1, -0.05) is 20.8 Å². The molecule has 0 fully saturated rings. The largest absolute Gasteiger partial charge is 0.465 e. The summed E-state index contributed by atoms with van der Waals surface area (Å²) in [4.78, 5) is 11.6. The van der Waals surface area contributed by atoms with Crippen LogP contribution in [0.4, 0.5) is 10.8 Å². The molecule has 1 unspecified atom stereocenters. The van der Waals surface area contributed by atoms with E-state index < -0.39 is 5.97 Å². The van der Waals surface area contributed by atoms with E-state index in [-0.39, 0.29) is 5.82 Å². The number of nitrogens with two attached hydrogens (primary N) is 1. The number of rotatable bonds is 5. The van der Waals surface area contributed by atoms with Gasteiger partial charge in [0, 0.05) is 6.04 Å². The minimum Gasteiger partial charge on any atom is -0.465 e. The summed E-state index contributed by atoms with van der Waals surface area (Å²) in [5.74, 6) is 0.245. The Kier molecular flexibility index (Phi) is 4.74. The third-order valence-corrected chi connectivity index (χ3v) is 3.46. The van der Waals surface area contributed by atoms with E-state index >= 15 is 0 Å². The monoisotopic (exact) mass is 257 g/mol. The summed E-state index contributed by atoms with van der Waals surface area (Å²) in [6, 6.07) is 0.290. The number of hydrogen-bond acceptors (Lipinski definition) is 6. The Morgan fingerprint density at radius 1 is 1.59 bits per heavy atom. The Balaban J connectivity index is 2.95. The molecule has 0 amide bonds. The average Bonchev–Trinajstić information content (AvgIpc) is 2.66. The molecule has 0 aliphatic carbocycles. The lowest BCUT2D eigenvalue weighted by Gasteiger charge is -2.21. The number of anilines is 2. The molecular weight excluding hydrogens is 238 g/mol. The Labute approximate surface area is 106 Å². The van der Waals surface area contributed by atoms with Crippen LogP contribution >= 0.6 is 11.5 Å². The van der Waals surface area contributed by atoms with Crippen molar-refractivity contribution in [1.82, 2.24) is 4.37 Å². The summed E-state index contributed by atoms with van der Waals surface area (Å²) < 4.78 is 8.69. The van der Waals surface area contributed by atoms with Crippen molar-refractivity contribution >= 4 is 28.3 Å². The van der Waals surface area contributed by atoms with Crippen molar-refractivity contribution in [2.75, 3.05) is 18.2 Å². The zero-order valence-electron chi connectivity index (χ0n) is 10.6. The number of carbonyl (C=O) groups is 1. The van der Waals surface area contributed by atoms with E-state index in [1.54, 1.807) is 0 Å². The van der Waals surface area contributed by atoms with Crippen LogP contribution in [-0.2, 0) is 4.74 Å². The summed E-state index contributed by atoms with van der Waals surface area (Å²) in [6.45, 7) is 6.35. The number of methoxy groups -OCH3 is 1. The van der Waals surface area contributed by atoms with Crippen molar-refractivity contribution in [2.45, 2.75) is 33.2 Å². The van der Waals surface area contributed by atoms with Gasteiger partial charge in [-0.05, 0) is 23.9 Å². The van der Waals surface area contributed by atoms with Gasteiger partial charge in [0.1, 0.15) is 10.6 Å². The maximum atomic E-state index is 11.6. The molecular formula is C11H19N3O2S. The van der Waals surface area contributed by atoms with E-state index in [1.165, 1.54) is 18.6 Å². The molecule has 1 aromatic rings. The highest BCUT2D eigenvalue weighted by Gasteiger charge is 2.22. The van der Waals surface area contributed by atoms with E-state index in [4.69, 9.17) is 10.5 Å². The summed E-state index contributed by atoms with van der Waals surface area (Å²) in [5, 5.41) is 4.00. The van der Waals surface area contributed by atoms with Crippen LogP contribution in [0.5, 0.6) is 0 Å². The van der Waals surface area contributed by atoms with Gasteiger partial charge in [-0.15, -0.1) is 0 Å². The lowest BCUT2D eigenvalue weighted by molar-refractivity contribution is 0.0603. The van der Waals surface area contributed by atoms with Gasteiger partial charge in [0.2, 0.25) is 0 Å². The Morgan fingerprint density at radius 2 is 2.24 bits per heavy atom. The predicted molar refractivity (Wildman–Crippen MR) is 70.4 cm³/mol. The third-order valence-electron chi connectivity index (χ3n) is 2.67. The molecule has 0 bridgehead atoms. The Hall–Kier alpha value is -1.30. The average molecular weight is 257 g/mol. The van der Waals surface area contributed by atoms with Gasteiger partial charge in [0.15, 0.2) is 5.82 Å². The van der Waals surface area contributed by atoms with Crippen LogP contribution in [0.2, 0.25) is 0 Å². The van der Waals surface area contributed by atoms with Crippen LogP contribution < -0.4 is 11.1 Å². The van der Waals surface area contributed by atoms with E-state index in [2.05, 4.69) is 30.5 Å². The highest BCUT2D eigenvalue weighted by molar-refractivity contribution is 7.11. The maximum absolute atomic E-state index is 11.6. The lowest BCUT2D eigenvalue weighted by Crippen LogP contribution is -2.25. The van der Waals surface area contributed by atoms with Gasteiger partial charge in [-0.2, -0.15) is 4.37 Å². The summed E-state index contributed by atoms with van der Waals surface area (Å²) in [5.41, 5.74) is 6.01. The SMILES string of the molecule is CCC(Nc1snc(N)c1C(=O)OC)C(C)C. The van der Waals surface area contributed by atoms with Crippen molar-refractivity contribution < 1.29 is 9.53 Å². The topological polar surface area (TPSA) is 77.2 Å². The number of nitrogens with one attached hydrogen (secondary N) is 1. The second-order valence-corrected chi connectivity index (χ2v) is 4.94. The molecule has 0 aliphatic rings. The number of carbonyl (C=O) groups excluding carboxylic acids is 1. The van der Waals surface area contributed by atoms with Crippen LogP contribution in [0.1, 0.15) is 37.6 Å². The van der Waals surface area contributed by atoms with Gasteiger partial charge in [-0.3, -0.25) is 0 Å². The van der Waals surface area contributed by atoms with Gasteiger partial charge >= 0.3 is 5.97 Å². The normalized spacial score (nSPS) is 12.5. The molecule has 3 N–H and O–H groups in total. The molecule has 0 spiro atoms. The molecule has 17 heavy (non-hydrogen) atoms. The second kappa shape index (κ2) is 5.86. The molecule has 0 saturated heterocycles. The summed E-state index contributed by atoms with van der Waals surface area (Å²) in [6.07, 6.45) is 0.968. The summed E-state index contributed by atoms with van der Waals surface area (Å²) >= 11 is 1.19. The first-order chi connectivity index (χ1) is 8.01. The standard InChI is InChI=1S/C11H19N3O2S/c1-5-7(6(2)3)13-10-8(11(15)16-4)9(12)14-17-10/h6-7,13H,5H2,1-4H3,(H2,12,14). The van der Waals surface area contributed by atoms with Crippen LogP contribution in [0.15, 0.2) is 0 Å². The number of aromatic nitrogens is 1. The summed E-state index contributed by atoms with van der Waals surface area (Å²) in [7, 11) is 1.34. The number of nitrogens with zero attached hydrogens (tertiary/aromatic N) is 1. The van der Waals surface area contributed by atoms with Crippen LogP contribution in [0.3, 0.4) is 0 Å². The molecule has 0 saturated carbocycles. The Bertz CT molecular complexity index is 390. The molecule has 1 aromatic heterocycles. The molecule has 1 heterocycles. The first-order valence-corrected chi connectivity index (χ1v) is 6.38. The van der Waals surface area contributed by atoms with Crippen molar-refractivity contribution in [3.8, 4) is 0 Å². The lowest BCUT2D eigenvalue weighted by atomic mass is 10.0. The quantitative estimate of drug-likeness (QED) is 0.792. The molecule has 5 nitrogen and oxygen atoms in total. The fraction of sp³-hybridized carbons (Fsp3) is 0.636. The molecule has 0 radical (unpaired) electrons. The van der Waals surface area contributed by atoms with Gasteiger partial charge in [0.05, 0.1) is 7.11 Å². The number of hydrogen-bond donors (Lipinski definition) is 2. The smallest absolute Gasteiger partial charge is 0.344 e. The number of esters is 1. The molecule has 6 heteroatoms. The molecule has 1 atom stereocenters. The van der Waals surface area contributed by atoms with Crippen molar-refractivity contribution in [1.29, 1.82) is 0 Å². The predicted octanol–water partition coefficient (Wildman–Crippen LogP) is 2.36. The van der Waals surface area contributed by atoms with Crippen LogP contribution in [0, 0.1) is 5.92 Å². The highest BCUT2D eigenvalue weighted by Crippen LogP contribution is 2.29.